The summed E-state index contributed by atoms with van der Waals surface area (Å²) >= 11 is 3.09. The molecule has 2 amide bonds. The van der Waals surface area contributed by atoms with Crippen LogP contribution in [0.5, 0.6) is 0 Å². The summed E-state index contributed by atoms with van der Waals surface area (Å²) in [6.07, 6.45) is 0.661. The van der Waals surface area contributed by atoms with Crippen LogP contribution in [0, 0.1) is 22.0 Å². The van der Waals surface area contributed by atoms with Gasteiger partial charge in [0.05, 0.1) is 27.8 Å². The highest BCUT2D eigenvalue weighted by Crippen LogP contribution is 2.47. The molecule has 1 saturated heterocycles. The van der Waals surface area contributed by atoms with Gasteiger partial charge in [-0.25, -0.2) is 0 Å². The van der Waals surface area contributed by atoms with Crippen LogP contribution >= 0.6 is 15.9 Å². The van der Waals surface area contributed by atoms with E-state index in [1.807, 2.05) is 0 Å². The lowest BCUT2D eigenvalue weighted by molar-refractivity contribution is -0.385. The molecule has 0 radical (unpaired) electrons. The summed E-state index contributed by atoms with van der Waals surface area (Å²) in [7, 11) is 0. The third-order valence-electron chi connectivity index (χ3n) is 3.50. The lowest BCUT2D eigenvalue weighted by Crippen LogP contribution is -2.32. The summed E-state index contributed by atoms with van der Waals surface area (Å²) in [5, 5.41) is 10.8. The quantitative estimate of drug-likeness (QED) is 0.483. The van der Waals surface area contributed by atoms with E-state index in [1.165, 1.54) is 11.0 Å². The predicted molar refractivity (Wildman–Crippen MR) is 68.0 cm³/mol. The highest BCUT2D eigenvalue weighted by Gasteiger charge is 2.58. The standard InChI is InChI=1S/C12H9BrN2O4/c13-9-2-1-6(3-10(9)15(18)19)5-14-11(16)7-4-8(7)12(14)17/h1-3,7-8H,4-5H2. The summed E-state index contributed by atoms with van der Waals surface area (Å²) in [4.78, 5) is 35.1. The monoisotopic (exact) mass is 324 g/mol. The lowest BCUT2D eigenvalue weighted by atomic mass is 10.2. The van der Waals surface area contributed by atoms with Crippen LogP contribution < -0.4 is 0 Å². The topological polar surface area (TPSA) is 80.5 Å². The number of likely N-dealkylation sites (tertiary alicyclic amines) is 1. The second-order valence-electron chi connectivity index (χ2n) is 4.75. The molecular weight excluding hydrogens is 316 g/mol. The van der Waals surface area contributed by atoms with Gasteiger partial charge in [-0.2, -0.15) is 0 Å². The maximum atomic E-state index is 11.8. The molecule has 19 heavy (non-hydrogen) atoms. The number of hydrogen-bond donors (Lipinski definition) is 0. The van der Waals surface area contributed by atoms with E-state index in [2.05, 4.69) is 15.9 Å². The van der Waals surface area contributed by atoms with E-state index in [0.29, 0.717) is 16.5 Å². The average Bonchev–Trinajstić information content (AvgIpc) is 3.11. The number of nitro groups is 1. The zero-order chi connectivity index (χ0) is 13.7. The SMILES string of the molecule is O=C1C2CC2C(=O)N1Cc1ccc(Br)c([N+](=O)[O-])c1. The molecule has 98 valence electrons. The van der Waals surface area contributed by atoms with Crippen LogP contribution in [-0.2, 0) is 16.1 Å². The van der Waals surface area contributed by atoms with Gasteiger partial charge in [-0.1, -0.05) is 6.07 Å². The van der Waals surface area contributed by atoms with Crippen molar-refractivity contribution < 1.29 is 14.5 Å². The minimum atomic E-state index is -0.501. The van der Waals surface area contributed by atoms with Crippen molar-refractivity contribution >= 4 is 33.4 Å². The first-order chi connectivity index (χ1) is 8.99. The Kier molecular flexibility index (Phi) is 2.67. The average molecular weight is 325 g/mol. The highest BCUT2D eigenvalue weighted by atomic mass is 79.9. The highest BCUT2D eigenvalue weighted by molar-refractivity contribution is 9.10. The molecule has 2 fully saturated rings. The Labute approximate surface area is 116 Å². The fraction of sp³-hybridized carbons (Fsp3) is 0.333. The number of nitrogens with zero attached hydrogens (tertiary/aromatic N) is 2. The molecule has 7 heteroatoms. The van der Waals surface area contributed by atoms with Crippen molar-refractivity contribution in [3.8, 4) is 0 Å². The first-order valence-corrected chi connectivity index (χ1v) is 6.56. The molecular formula is C12H9BrN2O4. The predicted octanol–water partition coefficient (Wildman–Crippen LogP) is 1.86. The van der Waals surface area contributed by atoms with Gasteiger partial charge in [0.2, 0.25) is 11.8 Å². The van der Waals surface area contributed by atoms with Crippen molar-refractivity contribution in [2.45, 2.75) is 13.0 Å². The number of halogens is 1. The molecule has 1 saturated carbocycles. The third-order valence-corrected chi connectivity index (χ3v) is 4.18. The maximum absolute atomic E-state index is 11.8. The first kappa shape index (κ1) is 12.3. The first-order valence-electron chi connectivity index (χ1n) is 5.77. The van der Waals surface area contributed by atoms with Crippen LogP contribution in [0.15, 0.2) is 22.7 Å². The van der Waals surface area contributed by atoms with Crippen molar-refractivity contribution in [3.63, 3.8) is 0 Å². The Balaban J connectivity index is 1.84. The maximum Gasteiger partial charge on any atom is 0.283 e. The molecule has 0 aromatic heterocycles. The number of nitro benzene ring substituents is 1. The number of piperidine rings is 1. The molecule has 1 aromatic rings. The van der Waals surface area contributed by atoms with Crippen LogP contribution in [0.1, 0.15) is 12.0 Å². The minimum Gasteiger partial charge on any atom is -0.278 e. The smallest absolute Gasteiger partial charge is 0.278 e. The molecule has 3 rings (SSSR count). The normalized spacial score (nSPS) is 24.6. The molecule has 1 heterocycles. The number of fused-ring (bicyclic) bond motifs is 1. The molecule has 6 nitrogen and oxygen atoms in total. The van der Waals surface area contributed by atoms with E-state index in [1.54, 1.807) is 12.1 Å². The van der Waals surface area contributed by atoms with Crippen LogP contribution in [0.2, 0.25) is 0 Å². The Morgan fingerprint density at radius 3 is 2.53 bits per heavy atom. The fourth-order valence-electron chi connectivity index (χ4n) is 2.38. The fourth-order valence-corrected chi connectivity index (χ4v) is 2.78. The molecule has 2 atom stereocenters. The van der Waals surface area contributed by atoms with Gasteiger partial charge in [-0.15, -0.1) is 0 Å². The van der Waals surface area contributed by atoms with E-state index in [4.69, 9.17) is 0 Å². The molecule has 0 N–H and O–H groups in total. The van der Waals surface area contributed by atoms with Crippen LogP contribution in [0.4, 0.5) is 5.69 Å². The Hall–Kier alpha value is -1.76. The zero-order valence-corrected chi connectivity index (χ0v) is 11.3. The van der Waals surface area contributed by atoms with E-state index in [-0.39, 0.29) is 35.9 Å². The van der Waals surface area contributed by atoms with Gasteiger partial charge in [0.25, 0.3) is 5.69 Å². The largest absolute Gasteiger partial charge is 0.283 e. The van der Waals surface area contributed by atoms with E-state index in [9.17, 15) is 19.7 Å². The van der Waals surface area contributed by atoms with Crippen molar-refractivity contribution in [1.29, 1.82) is 0 Å². The van der Waals surface area contributed by atoms with Crippen molar-refractivity contribution in [2.75, 3.05) is 0 Å². The molecule has 1 aromatic carbocycles. The number of benzene rings is 1. The van der Waals surface area contributed by atoms with Gasteiger partial charge >= 0.3 is 0 Å². The molecule has 2 aliphatic rings. The summed E-state index contributed by atoms with van der Waals surface area (Å²) in [5.41, 5.74) is 0.514. The third kappa shape index (κ3) is 1.94. The number of carbonyl (C=O) groups is 2. The molecule has 0 spiro atoms. The summed E-state index contributed by atoms with van der Waals surface area (Å²) in [6, 6.07) is 4.61. The van der Waals surface area contributed by atoms with Gasteiger partial charge < -0.3 is 0 Å². The van der Waals surface area contributed by atoms with Crippen LogP contribution in [0.25, 0.3) is 0 Å². The number of amides is 2. The van der Waals surface area contributed by atoms with E-state index >= 15 is 0 Å². The Morgan fingerprint density at radius 1 is 1.32 bits per heavy atom. The van der Waals surface area contributed by atoms with Gasteiger partial charge in [0, 0.05) is 6.07 Å². The summed E-state index contributed by atoms with van der Waals surface area (Å²) < 4.78 is 0.378. The van der Waals surface area contributed by atoms with E-state index in [0.717, 1.165) is 0 Å². The van der Waals surface area contributed by atoms with Crippen molar-refractivity contribution in [2.24, 2.45) is 11.8 Å². The molecule has 0 bridgehead atoms. The van der Waals surface area contributed by atoms with Gasteiger partial charge in [-0.3, -0.25) is 24.6 Å². The summed E-state index contributed by atoms with van der Waals surface area (Å²) in [6.45, 7) is 0.110. The number of carbonyl (C=O) groups excluding carboxylic acids is 2. The second-order valence-corrected chi connectivity index (χ2v) is 5.61. The summed E-state index contributed by atoms with van der Waals surface area (Å²) in [5.74, 6) is -0.586. The van der Waals surface area contributed by atoms with Gasteiger partial charge in [0.1, 0.15) is 0 Å². The molecule has 1 aliphatic heterocycles. The number of hydrogen-bond acceptors (Lipinski definition) is 4. The van der Waals surface area contributed by atoms with Crippen LogP contribution in [0.3, 0.4) is 0 Å². The van der Waals surface area contributed by atoms with E-state index < -0.39 is 4.92 Å². The zero-order valence-electron chi connectivity index (χ0n) is 9.71. The lowest BCUT2D eigenvalue weighted by Gasteiger charge is -2.16. The van der Waals surface area contributed by atoms with Crippen LogP contribution in [-0.4, -0.2) is 21.6 Å². The molecule has 1 aliphatic carbocycles. The van der Waals surface area contributed by atoms with Crippen molar-refractivity contribution in [1.82, 2.24) is 4.90 Å². The van der Waals surface area contributed by atoms with Crippen molar-refractivity contribution in [3.05, 3.63) is 38.3 Å². The number of imide groups is 1. The minimum absolute atomic E-state index is 0.0678. The van der Waals surface area contributed by atoms with Gasteiger partial charge in [-0.05, 0) is 34.0 Å². The number of rotatable bonds is 3. The molecule has 2 unspecified atom stereocenters. The second kappa shape index (κ2) is 4.12. The Morgan fingerprint density at radius 2 is 1.95 bits per heavy atom. The Bertz CT molecular complexity index is 596. The van der Waals surface area contributed by atoms with Gasteiger partial charge in [0.15, 0.2) is 0 Å².